The Bertz CT molecular complexity index is 1600. The third-order valence-corrected chi connectivity index (χ3v) is 6.96. The van der Waals surface area contributed by atoms with Crippen molar-refractivity contribution in [2.24, 2.45) is 0 Å². The van der Waals surface area contributed by atoms with Gasteiger partial charge < -0.3 is 18.9 Å². The number of ether oxygens (including phenoxy) is 4. The summed E-state index contributed by atoms with van der Waals surface area (Å²) in [6.45, 7) is -0.219. The van der Waals surface area contributed by atoms with E-state index >= 15 is 0 Å². The summed E-state index contributed by atoms with van der Waals surface area (Å²) >= 11 is 1.90. The smallest absolute Gasteiger partial charge is 0.353 e. The van der Waals surface area contributed by atoms with Crippen molar-refractivity contribution in [3.8, 4) is 5.88 Å². The molecule has 1 fully saturated rings. The van der Waals surface area contributed by atoms with Crippen LogP contribution in [0.1, 0.15) is 43.7 Å². The monoisotopic (exact) mass is 666 g/mol. The van der Waals surface area contributed by atoms with Gasteiger partial charge in [-0.1, -0.05) is 54.6 Å². The lowest BCUT2D eigenvalue weighted by molar-refractivity contribution is -0.0583. The standard InChI is InChI=1S/C30H23IN2O8/c31-22-17-33(30(37)32-26(22)41-29(36)21-14-8-3-9-15-21)25-16-23(40-28(35)20-12-6-2-7-13-20)24(39-25)18-38-27(34)19-10-4-1-5-11-19/h1-15,17,23-25H,16,18H2/t23-,24+,25+/m0/s1. The van der Waals surface area contributed by atoms with Crippen LogP contribution in [-0.4, -0.2) is 46.3 Å². The Hall–Kier alpha value is -4.36. The SMILES string of the molecule is O=C(OC[C@H]1O[C@@H](n2cc(I)c(OC(=O)c3ccccc3)nc2=O)C[C@@H]1OC(=O)c1ccccc1)c1ccccc1. The van der Waals surface area contributed by atoms with Crippen LogP contribution in [0.3, 0.4) is 0 Å². The number of halogens is 1. The molecule has 1 saturated heterocycles. The summed E-state index contributed by atoms with van der Waals surface area (Å²) in [5.74, 6) is -1.94. The lowest BCUT2D eigenvalue weighted by atomic mass is 10.1. The van der Waals surface area contributed by atoms with Crippen LogP contribution in [0.2, 0.25) is 0 Å². The molecule has 1 aliphatic rings. The van der Waals surface area contributed by atoms with Crippen molar-refractivity contribution in [2.45, 2.75) is 24.9 Å². The third-order valence-electron chi connectivity index (χ3n) is 6.22. The van der Waals surface area contributed by atoms with E-state index in [0.717, 1.165) is 0 Å². The molecule has 0 aliphatic carbocycles. The van der Waals surface area contributed by atoms with Crippen molar-refractivity contribution in [2.75, 3.05) is 6.61 Å². The fourth-order valence-electron chi connectivity index (χ4n) is 4.17. The molecule has 0 bridgehead atoms. The van der Waals surface area contributed by atoms with Gasteiger partial charge in [-0.05, 0) is 59.0 Å². The van der Waals surface area contributed by atoms with Crippen molar-refractivity contribution in [3.05, 3.63) is 128 Å². The van der Waals surface area contributed by atoms with E-state index in [1.807, 2.05) is 22.6 Å². The summed E-state index contributed by atoms with van der Waals surface area (Å²) in [6.07, 6.45) is -1.05. The van der Waals surface area contributed by atoms with Crippen molar-refractivity contribution in [1.29, 1.82) is 0 Å². The van der Waals surface area contributed by atoms with E-state index in [0.29, 0.717) is 20.3 Å². The van der Waals surface area contributed by atoms with Crippen molar-refractivity contribution in [3.63, 3.8) is 0 Å². The van der Waals surface area contributed by atoms with Crippen molar-refractivity contribution >= 4 is 40.5 Å². The van der Waals surface area contributed by atoms with Gasteiger partial charge in [-0.15, -0.1) is 0 Å². The van der Waals surface area contributed by atoms with Crippen LogP contribution in [0, 0.1) is 3.57 Å². The summed E-state index contributed by atoms with van der Waals surface area (Å²) in [5, 5.41) is 0. The lowest BCUT2D eigenvalue weighted by Gasteiger charge is -2.19. The largest absolute Gasteiger partial charge is 0.459 e. The molecule has 3 aromatic carbocycles. The Labute approximate surface area is 248 Å². The molecule has 41 heavy (non-hydrogen) atoms. The topological polar surface area (TPSA) is 123 Å². The zero-order valence-corrected chi connectivity index (χ0v) is 23.6. The molecule has 5 rings (SSSR count). The molecule has 11 heteroatoms. The summed E-state index contributed by atoms with van der Waals surface area (Å²) in [4.78, 5) is 54.7. The molecule has 3 atom stereocenters. The normalized spacial score (nSPS) is 17.9. The first-order valence-electron chi connectivity index (χ1n) is 12.6. The maximum atomic E-state index is 13.0. The molecule has 0 amide bonds. The molecule has 1 aromatic heterocycles. The van der Waals surface area contributed by atoms with Gasteiger partial charge in [0.25, 0.3) is 0 Å². The molecule has 2 heterocycles. The van der Waals surface area contributed by atoms with Crippen molar-refractivity contribution < 1.29 is 33.3 Å². The van der Waals surface area contributed by atoms with Gasteiger partial charge in [-0.2, -0.15) is 4.98 Å². The van der Waals surface area contributed by atoms with Gasteiger partial charge in [0.05, 0.1) is 20.3 Å². The minimum Gasteiger partial charge on any atom is -0.459 e. The number of hydrogen-bond donors (Lipinski definition) is 0. The minimum absolute atomic E-state index is 0.0902. The number of hydrogen-bond acceptors (Lipinski definition) is 9. The Morgan fingerprint density at radius 3 is 1.95 bits per heavy atom. The molecule has 4 aromatic rings. The molecule has 0 unspecified atom stereocenters. The van der Waals surface area contributed by atoms with Crippen LogP contribution in [0.5, 0.6) is 5.88 Å². The Balaban J connectivity index is 1.34. The van der Waals surface area contributed by atoms with E-state index in [2.05, 4.69) is 4.98 Å². The molecule has 0 spiro atoms. The zero-order valence-electron chi connectivity index (χ0n) is 21.4. The second kappa shape index (κ2) is 12.9. The van der Waals surface area contributed by atoms with Gasteiger partial charge in [-0.25, -0.2) is 19.2 Å². The van der Waals surface area contributed by atoms with Crippen LogP contribution in [-0.2, 0) is 14.2 Å². The molecular formula is C30H23IN2O8. The van der Waals surface area contributed by atoms with E-state index in [-0.39, 0.29) is 18.9 Å². The summed E-state index contributed by atoms with van der Waals surface area (Å²) < 4.78 is 24.2. The summed E-state index contributed by atoms with van der Waals surface area (Å²) in [7, 11) is 0. The van der Waals surface area contributed by atoms with E-state index in [9.17, 15) is 19.2 Å². The van der Waals surface area contributed by atoms with Crippen LogP contribution in [0.25, 0.3) is 0 Å². The highest BCUT2D eigenvalue weighted by molar-refractivity contribution is 14.1. The first-order valence-corrected chi connectivity index (χ1v) is 13.7. The van der Waals surface area contributed by atoms with Gasteiger partial charge in [0.1, 0.15) is 25.0 Å². The molecule has 10 nitrogen and oxygen atoms in total. The van der Waals surface area contributed by atoms with Gasteiger partial charge in [-0.3, -0.25) is 4.57 Å². The predicted molar refractivity (Wildman–Crippen MR) is 154 cm³/mol. The average Bonchev–Trinajstić information content (AvgIpc) is 3.40. The highest BCUT2D eigenvalue weighted by atomic mass is 127. The van der Waals surface area contributed by atoms with E-state index in [1.54, 1.807) is 91.0 Å². The number of nitrogens with zero attached hydrogens (tertiary/aromatic N) is 2. The third kappa shape index (κ3) is 6.87. The average molecular weight is 666 g/mol. The predicted octanol–water partition coefficient (Wildman–Crippen LogP) is 4.44. The number of carbonyl (C=O) groups excluding carboxylic acids is 3. The minimum atomic E-state index is -0.892. The molecule has 0 radical (unpaired) electrons. The quantitative estimate of drug-likeness (QED) is 0.199. The number of carbonyl (C=O) groups is 3. The molecule has 0 saturated carbocycles. The first-order chi connectivity index (χ1) is 19.9. The van der Waals surface area contributed by atoms with Gasteiger partial charge in [0.2, 0.25) is 5.88 Å². The molecular weight excluding hydrogens is 643 g/mol. The summed E-state index contributed by atoms with van der Waals surface area (Å²) in [5.41, 5.74) is 0.273. The maximum absolute atomic E-state index is 13.0. The van der Waals surface area contributed by atoms with Gasteiger partial charge >= 0.3 is 23.6 Å². The van der Waals surface area contributed by atoms with Crippen LogP contribution >= 0.6 is 22.6 Å². The van der Waals surface area contributed by atoms with E-state index in [1.165, 1.54) is 10.8 Å². The summed E-state index contributed by atoms with van der Waals surface area (Å²) in [6, 6.07) is 25.2. The van der Waals surface area contributed by atoms with Crippen molar-refractivity contribution in [1.82, 2.24) is 9.55 Å². The Kier molecular flexibility index (Phi) is 8.85. The highest BCUT2D eigenvalue weighted by Gasteiger charge is 2.40. The number of rotatable bonds is 8. The molecule has 208 valence electrons. The Morgan fingerprint density at radius 1 is 0.829 bits per heavy atom. The van der Waals surface area contributed by atoms with Gasteiger partial charge in [0, 0.05) is 12.6 Å². The van der Waals surface area contributed by atoms with E-state index < -0.39 is 42.0 Å². The zero-order chi connectivity index (χ0) is 28.8. The fourth-order valence-corrected chi connectivity index (χ4v) is 4.70. The maximum Gasteiger partial charge on any atom is 0.353 e. The number of aromatic nitrogens is 2. The van der Waals surface area contributed by atoms with Gasteiger partial charge in [0.15, 0.2) is 0 Å². The molecule has 0 N–H and O–H groups in total. The van der Waals surface area contributed by atoms with Crippen LogP contribution in [0.4, 0.5) is 0 Å². The van der Waals surface area contributed by atoms with Crippen LogP contribution < -0.4 is 10.4 Å². The number of benzene rings is 3. The Morgan fingerprint density at radius 2 is 1.37 bits per heavy atom. The second-order valence-electron chi connectivity index (χ2n) is 8.98. The second-order valence-corrected chi connectivity index (χ2v) is 10.1. The van der Waals surface area contributed by atoms with Crippen LogP contribution in [0.15, 0.2) is 102 Å². The fraction of sp³-hybridized carbons (Fsp3) is 0.167. The number of esters is 3. The first kappa shape index (κ1) is 28.2. The molecule has 1 aliphatic heterocycles. The lowest BCUT2D eigenvalue weighted by Crippen LogP contribution is -2.32. The highest BCUT2D eigenvalue weighted by Crippen LogP contribution is 2.32. The van der Waals surface area contributed by atoms with E-state index in [4.69, 9.17) is 18.9 Å².